The second kappa shape index (κ2) is 9.82. The topological polar surface area (TPSA) is 124 Å². The lowest BCUT2D eigenvalue weighted by atomic mass is 9.43. The average molecular weight is 549 g/mol. The molecule has 1 aromatic carbocycles. The highest BCUT2D eigenvalue weighted by molar-refractivity contribution is 7.86. The van der Waals surface area contributed by atoms with E-state index < -0.39 is 57.1 Å². The summed E-state index contributed by atoms with van der Waals surface area (Å²) in [6, 6.07) is 6.08. The number of Topliss-reactive ketones (excluding diaryl/α,β-unsaturated/α-hetero) is 2. The first-order chi connectivity index (χ1) is 17.6. The number of rotatable bonds is 6. The van der Waals surface area contributed by atoms with Crippen LogP contribution in [0.4, 0.5) is 0 Å². The molecule has 2 bridgehead atoms. The second-order valence-electron chi connectivity index (χ2n) is 12.4. The average Bonchev–Trinajstić information content (AvgIpc) is 3.21. The Balaban J connectivity index is 1.68. The number of esters is 1. The molecule has 3 aliphatic carbocycles. The lowest BCUT2D eigenvalue weighted by Gasteiger charge is -2.61. The molecule has 9 heteroatoms. The molecule has 0 amide bonds. The van der Waals surface area contributed by atoms with Gasteiger partial charge in [0.1, 0.15) is 17.7 Å². The number of aliphatic hydroxyl groups is 1. The van der Waals surface area contributed by atoms with E-state index in [9.17, 15) is 27.9 Å². The van der Waals surface area contributed by atoms with Gasteiger partial charge in [0.2, 0.25) is 0 Å². The van der Waals surface area contributed by atoms with Gasteiger partial charge in [0.05, 0.1) is 16.4 Å². The normalized spacial score (nSPS) is 39.1. The molecule has 3 saturated carbocycles. The number of carbonyl (C=O) groups is 3. The van der Waals surface area contributed by atoms with E-state index in [1.165, 1.54) is 19.1 Å². The largest absolute Gasteiger partial charge is 0.460 e. The van der Waals surface area contributed by atoms with Crippen LogP contribution in [0.25, 0.3) is 0 Å². The zero-order valence-electron chi connectivity index (χ0n) is 23.2. The van der Waals surface area contributed by atoms with Crippen LogP contribution in [0.15, 0.2) is 29.2 Å². The van der Waals surface area contributed by atoms with Gasteiger partial charge in [0, 0.05) is 17.8 Å². The lowest BCUT2D eigenvalue weighted by molar-refractivity contribution is -0.211. The van der Waals surface area contributed by atoms with Gasteiger partial charge >= 0.3 is 5.97 Å². The fourth-order valence-electron chi connectivity index (χ4n) is 7.71. The number of carbonyl (C=O) groups excluding carboxylic acids is 3. The number of ether oxygens (including phenoxy) is 1. The van der Waals surface area contributed by atoms with Gasteiger partial charge in [-0.25, -0.2) is 4.79 Å². The van der Waals surface area contributed by atoms with Gasteiger partial charge in [0.25, 0.3) is 10.1 Å². The molecule has 4 rings (SSSR count). The Morgan fingerprint density at radius 1 is 1.11 bits per heavy atom. The number of aryl methyl sites for hydroxylation is 1. The van der Waals surface area contributed by atoms with Gasteiger partial charge < -0.3 is 9.84 Å². The summed E-state index contributed by atoms with van der Waals surface area (Å²) < 4.78 is 36.3. The highest BCUT2D eigenvalue weighted by Crippen LogP contribution is 2.67. The van der Waals surface area contributed by atoms with Crippen molar-refractivity contribution in [3.05, 3.63) is 29.8 Å². The van der Waals surface area contributed by atoms with E-state index in [-0.39, 0.29) is 34.7 Å². The van der Waals surface area contributed by atoms with Crippen molar-refractivity contribution in [3.63, 3.8) is 0 Å². The zero-order valence-corrected chi connectivity index (χ0v) is 24.0. The first kappa shape index (κ1) is 28.9. The number of ketones is 2. The van der Waals surface area contributed by atoms with Crippen molar-refractivity contribution in [2.75, 3.05) is 6.61 Å². The molecule has 0 aromatic heterocycles. The van der Waals surface area contributed by atoms with E-state index in [1.54, 1.807) is 19.1 Å². The molecule has 0 aliphatic heterocycles. The van der Waals surface area contributed by atoms with Gasteiger partial charge in [-0.2, -0.15) is 8.42 Å². The maximum Gasteiger partial charge on any atom is 0.333 e. The molecular formula is C29H40O8S. The van der Waals surface area contributed by atoms with E-state index in [0.717, 1.165) is 18.4 Å². The first-order valence-electron chi connectivity index (χ1n) is 13.5. The van der Waals surface area contributed by atoms with E-state index in [4.69, 9.17) is 8.92 Å². The molecule has 1 N–H and O–H groups in total. The fourth-order valence-corrected chi connectivity index (χ4v) is 8.56. The summed E-state index contributed by atoms with van der Waals surface area (Å²) in [6.45, 7) is 10.1. The van der Waals surface area contributed by atoms with Crippen molar-refractivity contribution in [2.45, 2.75) is 90.7 Å². The third-order valence-corrected chi connectivity index (χ3v) is 11.8. The maximum absolute atomic E-state index is 13.5. The van der Waals surface area contributed by atoms with E-state index in [0.29, 0.717) is 12.8 Å². The molecule has 1 aromatic rings. The molecule has 0 spiro atoms. The minimum absolute atomic E-state index is 0.00339. The molecule has 0 unspecified atom stereocenters. The SMILES string of the molecule is CC(=O)[C@]1(C)C[C@@H](OC(=O)COS(=O)(=O)c2ccc(C)cc2)[C@]2(C)[C@H](C)CC[C@]3(CCC(=O)[C@H]32)[C@@H](C)[C@@H]1O. The predicted octanol–water partition coefficient (Wildman–Crippen LogP) is 4.01. The van der Waals surface area contributed by atoms with Crippen LogP contribution in [0.5, 0.6) is 0 Å². The van der Waals surface area contributed by atoms with E-state index in [2.05, 4.69) is 0 Å². The standard InChI is InChI=1S/C29H40O8S/c1-17-7-9-21(10-8-17)38(34,35)36-16-24(32)37-23-15-27(5,20(4)30)26(33)19(3)29-13-11-18(2)28(23,6)25(29)22(31)12-14-29/h7-10,18-19,23,25-26,33H,11-16H2,1-6H3/t18-,19+,23-,25+,26+,27+,28+,29+/m1/s1. The quantitative estimate of drug-likeness (QED) is 0.418. The van der Waals surface area contributed by atoms with Crippen molar-refractivity contribution in [2.24, 2.45) is 34.0 Å². The highest BCUT2D eigenvalue weighted by Gasteiger charge is 2.69. The summed E-state index contributed by atoms with van der Waals surface area (Å²) in [7, 11) is -4.19. The van der Waals surface area contributed by atoms with Crippen LogP contribution in [0, 0.1) is 40.9 Å². The summed E-state index contributed by atoms with van der Waals surface area (Å²) in [5.41, 5.74) is -1.61. The minimum atomic E-state index is -4.19. The van der Waals surface area contributed by atoms with Crippen LogP contribution in [0.1, 0.15) is 72.3 Å². The first-order valence-corrected chi connectivity index (χ1v) is 14.9. The Morgan fingerprint density at radius 3 is 2.34 bits per heavy atom. The zero-order chi connectivity index (χ0) is 28.3. The Bertz CT molecular complexity index is 1220. The molecule has 0 saturated heterocycles. The summed E-state index contributed by atoms with van der Waals surface area (Å²) in [5.74, 6) is -1.74. The number of aliphatic hydroxyl groups excluding tert-OH is 1. The third kappa shape index (κ3) is 4.44. The summed E-state index contributed by atoms with van der Waals surface area (Å²) in [6.07, 6.45) is 0.684. The number of hydrogen-bond donors (Lipinski definition) is 1. The molecular weight excluding hydrogens is 508 g/mol. The van der Waals surface area contributed by atoms with Crippen LogP contribution in [-0.4, -0.2) is 49.9 Å². The Morgan fingerprint density at radius 2 is 1.74 bits per heavy atom. The molecule has 0 radical (unpaired) electrons. The van der Waals surface area contributed by atoms with E-state index >= 15 is 0 Å². The van der Waals surface area contributed by atoms with Gasteiger partial charge in [0.15, 0.2) is 6.61 Å². The van der Waals surface area contributed by atoms with Crippen molar-refractivity contribution < 1.29 is 36.8 Å². The van der Waals surface area contributed by atoms with Crippen molar-refractivity contribution in [3.8, 4) is 0 Å². The van der Waals surface area contributed by atoms with Crippen LogP contribution in [0.2, 0.25) is 0 Å². The van der Waals surface area contributed by atoms with Crippen LogP contribution >= 0.6 is 0 Å². The van der Waals surface area contributed by atoms with Crippen molar-refractivity contribution >= 4 is 27.7 Å². The van der Waals surface area contributed by atoms with Crippen LogP contribution in [-0.2, 0) is 33.4 Å². The van der Waals surface area contributed by atoms with E-state index in [1.807, 2.05) is 27.7 Å². The monoisotopic (exact) mass is 548 g/mol. The van der Waals surface area contributed by atoms with Gasteiger partial charge in [-0.15, -0.1) is 0 Å². The van der Waals surface area contributed by atoms with Crippen molar-refractivity contribution in [1.82, 2.24) is 0 Å². The molecule has 38 heavy (non-hydrogen) atoms. The van der Waals surface area contributed by atoms with Gasteiger partial charge in [-0.1, -0.05) is 45.4 Å². The maximum atomic E-state index is 13.5. The smallest absolute Gasteiger partial charge is 0.333 e. The lowest BCUT2D eigenvalue weighted by Crippen LogP contribution is -2.64. The predicted molar refractivity (Wildman–Crippen MR) is 139 cm³/mol. The minimum Gasteiger partial charge on any atom is -0.460 e. The van der Waals surface area contributed by atoms with Gasteiger partial charge in [-0.3, -0.25) is 13.8 Å². The number of benzene rings is 1. The van der Waals surface area contributed by atoms with Crippen molar-refractivity contribution in [1.29, 1.82) is 0 Å². The molecule has 3 fully saturated rings. The molecule has 3 aliphatic rings. The highest BCUT2D eigenvalue weighted by atomic mass is 32.2. The van der Waals surface area contributed by atoms with Gasteiger partial charge in [-0.05, 0) is 68.9 Å². The summed E-state index contributed by atoms with van der Waals surface area (Å²) in [4.78, 5) is 39.5. The Labute approximate surface area is 225 Å². The Kier molecular flexibility index (Phi) is 7.47. The molecule has 8 nitrogen and oxygen atoms in total. The molecule has 8 atom stereocenters. The fraction of sp³-hybridized carbons (Fsp3) is 0.690. The summed E-state index contributed by atoms with van der Waals surface area (Å²) in [5, 5.41) is 11.6. The third-order valence-electron chi connectivity index (χ3n) is 10.5. The summed E-state index contributed by atoms with van der Waals surface area (Å²) >= 11 is 0. The van der Waals surface area contributed by atoms with Crippen LogP contribution < -0.4 is 0 Å². The molecule has 210 valence electrons. The second-order valence-corrected chi connectivity index (χ2v) is 14.0. The molecule has 0 heterocycles. The number of hydrogen-bond acceptors (Lipinski definition) is 8. The van der Waals surface area contributed by atoms with Crippen LogP contribution in [0.3, 0.4) is 0 Å². The Hall–Kier alpha value is -2.10.